The maximum absolute atomic E-state index is 11.5. The smallest absolute Gasteiger partial charge is 0.241 e. The third kappa shape index (κ3) is 11.7. The molecule has 7 heteroatoms. The van der Waals surface area contributed by atoms with Crippen molar-refractivity contribution in [3.05, 3.63) is 0 Å². The number of hydrogen-bond donors (Lipinski definition) is 3. The lowest BCUT2D eigenvalue weighted by Crippen LogP contribution is -2.39. The zero-order valence-electron chi connectivity index (χ0n) is 12.8. The van der Waals surface area contributed by atoms with Gasteiger partial charge in [-0.25, -0.2) is 4.99 Å². The van der Waals surface area contributed by atoms with Crippen LogP contribution in [0, 0.1) is 0 Å². The van der Waals surface area contributed by atoms with Gasteiger partial charge in [-0.05, 0) is 20.3 Å². The lowest BCUT2D eigenvalue weighted by atomic mass is 10.4. The number of guanidine groups is 1. The first-order valence-corrected chi connectivity index (χ1v) is 7.10. The van der Waals surface area contributed by atoms with E-state index in [0.717, 1.165) is 32.7 Å². The van der Waals surface area contributed by atoms with E-state index < -0.39 is 0 Å². The molecule has 0 aliphatic heterocycles. The van der Waals surface area contributed by atoms with Crippen molar-refractivity contribution in [1.82, 2.24) is 16.0 Å². The molecule has 0 aromatic rings. The van der Waals surface area contributed by atoms with Crippen LogP contribution in [0.4, 0.5) is 0 Å². The molecule has 0 saturated heterocycles. The van der Waals surface area contributed by atoms with E-state index in [-0.39, 0.29) is 12.5 Å². The fourth-order valence-corrected chi connectivity index (χ4v) is 1.37. The van der Waals surface area contributed by atoms with Gasteiger partial charge in [0.2, 0.25) is 5.91 Å². The Morgan fingerprint density at radius 3 is 2.55 bits per heavy atom. The van der Waals surface area contributed by atoms with Crippen molar-refractivity contribution < 1.29 is 14.3 Å². The van der Waals surface area contributed by atoms with Gasteiger partial charge in [-0.2, -0.15) is 0 Å². The van der Waals surface area contributed by atoms with Crippen LogP contribution in [0.15, 0.2) is 4.99 Å². The summed E-state index contributed by atoms with van der Waals surface area (Å²) in [5.74, 6) is 0.527. The van der Waals surface area contributed by atoms with Gasteiger partial charge in [-0.15, -0.1) is 0 Å². The number of carbonyl (C=O) groups excluding carboxylic acids is 1. The molecule has 0 saturated carbocycles. The summed E-state index contributed by atoms with van der Waals surface area (Å²) in [6, 6.07) is 0. The molecule has 20 heavy (non-hydrogen) atoms. The minimum absolute atomic E-state index is 0.102. The third-order valence-corrected chi connectivity index (χ3v) is 2.32. The predicted molar refractivity (Wildman–Crippen MR) is 80.0 cm³/mol. The highest BCUT2D eigenvalue weighted by atomic mass is 16.5. The largest absolute Gasteiger partial charge is 0.383 e. The van der Waals surface area contributed by atoms with Crippen LogP contribution in [0.2, 0.25) is 0 Å². The number of aliphatic imine (C=N–C) groups is 1. The van der Waals surface area contributed by atoms with E-state index in [1.807, 2.05) is 13.8 Å². The van der Waals surface area contributed by atoms with Crippen LogP contribution in [-0.2, 0) is 14.3 Å². The summed E-state index contributed by atoms with van der Waals surface area (Å²) >= 11 is 0. The minimum Gasteiger partial charge on any atom is -0.383 e. The number of amides is 1. The Balaban J connectivity index is 3.90. The first-order valence-electron chi connectivity index (χ1n) is 7.10. The minimum atomic E-state index is -0.117. The van der Waals surface area contributed by atoms with Crippen molar-refractivity contribution in [1.29, 1.82) is 0 Å². The summed E-state index contributed by atoms with van der Waals surface area (Å²) in [6.07, 6.45) is 0.901. The van der Waals surface area contributed by atoms with Crippen molar-refractivity contribution in [2.24, 2.45) is 4.99 Å². The molecule has 0 bridgehead atoms. The summed E-state index contributed by atoms with van der Waals surface area (Å²) in [4.78, 5) is 15.7. The molecule has 3 N–H and O–H groups in total. The molecular weight excluding hydrogens is 260 g/mol. The number of nitrogens with one attached hydrogen (secondary N) is 3. The molecule has 0 atom stereocenters. The number of carbonyl (C=O) groups is 1. The van der Waals surface area contributed by atoms with Crippen LogP contribution in [0.3, 0.4) is 0 Å². The molecule has 0 unspecified atom stereocenters. The quantitative estimate of drug-likeness (QED) is 0.277. The van der Waals surface area contributed by atoms with Crippen LogP contribution in [0.5, 0.6) is 0 Å². The molecule has 0 aliphatic carbocycles. The Morgan fingerprint density at radius 1 is 1.10 bits per heavy atom. The van der Waals surface area contributed by atoms with Crippen molar-refractivity contribution in [2.45, 2.75) is 20.3 Å². The van der Waals surface area contributed by atoms with Gasteiger partial charge in [-0.1, -0.05) is 0 Å². The van der Waals surface area contributed by atoms with Gasteiger partial charge in [0.25, 0.3) is 0 Å². The van der Waals surface area contributed by atoms with Gasteiger partial charge in [0.15, 0.2) is 5.96 Å². The molecule has 0 fully saturated rings. The maximum atomic E-state index is 11.5. The number of hydrogen-bond acceptors (Lipinski definition) is 4. The first kappa shape index (κ1) is 18.7. The van der Waals surface area contributed by atoms with E-state index in [4.69, 9.17) is 9.47 Å². The van der Waals surface area contributed by atoms with Crippen molar-refractivity contribution in [3.8, 4) is 0 Å². The maximum Gasteiger partial charge on any atom is 0.241 e. The van der Waals surface area contributed by atoms with Gasteiger partial charge >= 0.3 is 0 Å². The monoisotopic (exact) mass is 288 g/mol. The second-order valence-electron chi connectivity index (χ2n) is 4.02. The molecule has 118 valence electrons. The van der Waals surface area contributed by atoms with Crippen LogP contribution < -0.4 is 16.0 Å². The SMILES string of the molecule is CCNC(=NCC(=O)NCCOC)NCCCOCC. The average molecular weight is 288 g/mol. The molecule has 0 heterocycles. The van der Waals surface area contributed by atoms with Crippen molar-refractivity contribution >= 4 is 11.9 Å². The molecule has 0 rings (SSSR count). The number of nitrogens with zero attached hydrogens (tertiary/aromatic N) is 1. The van der Waals surface area contributed by atoms with Gasteiger partial charge in [-0.3, -0.25) is 4.79 Å². The number of rotatable bonds is 11. The molecule has 0 aromatic carbocycles. The van der Waals surface area contributed by atoms with E-state index in [2.05, 4.69) is 20.9 Å². The Bertz CT molecular complexity index is 272. The normalized spacial score (nSPS) is 11.2. The zero-order valence-corrected chi connectivity index (χ0v) is 12.8. The lowest BCUT2D eigenvalue weighted by Gasteiger charge is -2.11. The molecule has 0 radical (unpaired) electrons. The first-order chi connectivity index (χ1) is 9.74. The Morgan fingerprint density at radius 2 is 1.90 bits per heavy atom. The second kappa shape index (κ2) is 14.1. The predicted octanol–water partition coefficient (Wildman–Crippen LogP) is -0.269. The van der Waals surface area contributed by atoms with Crippen molar-refractivity contribution in [2.75, 3.05) is 53.1 Å². The van der Waals surface area contributed by atoms with Gasteiger partial charge < -0.3 is 25.4 Å². The van der Waals surface area contributed by atoms with Crippen LogP contribution in [-0.4, -0.2) is 65.0 Å². The Hall–Kier alpha value is -1.34. The highest BCUT2D eigenvalue weighted by Gasteiger charge is 2.01. The summed E-state index contributed by atoms with van der Waals surface area (Å²) in [5.41, 5.74) is 0. The molecule has 0 spiro atoms. The van der Waals surface area contributed by atoms with E-state index in [0.29, 0.717) is 19.1 Å². The highest BCUT2D eigenvalue weighted by molar-refractivity contribution is 5.84. The van der Waals surface area contributed by atoms with E-state index in [1.54, 1.807) is 7.11 Å². The Labute approximate surface area is 121 Å². The lowest BCUT2D eigenvalue weighted by molar-refractivity contribution is -0.119. The second-order valence-corrected chi connectivity index (χ2v) is 4.02. The molecule has 0 aromatic heterocycles. The Kier molecular flexibility index (Phi) is 13.1. The van der Waals surface area contributed by atoms with Crippen LogP contribution >= 0.6 is 0 Å². The fraction of sp³-hybridized carbons (Fsp3) is 0.846. The van der Waals surface area contributed by atoms with E-state index in [1.165, 1.54) is 0 Å². The van der Waals surface area contributed by atoms with Gasteiger partial charge in [0, 0.05) is 40.0 Å². The zero-order chi connectivity index (χ0) is 15.1. The number of methoxy groups -OCH3 is 1. The summed E-state index contributed by atoms with van der Waals surface area (Å²) in [5, 5.41) is 8.96. The average Bonchev–Trinajstić information content (AvgIpc) is 2.44. The molecular formula is C13H28N4O3. The van der Waals surface area contributed by atoms with Gasteiger partial charge in [0.1, 0.15) is 6.54 Å². The molecule has 0 aliphatic rings. The van der Waals surface area contributed by atoms with Crippen LogP contribution in [0.1, 0.15) is 20.3 Å². The standard InChI is InChI=1S/C13H28N4O3/c1-4-14-13(16-7-6-9-20-5-2)17-11-12(18)15-8-10-19-3/h4-11H2,1-3H3,(H,15,18)(H2,14,16,17). The third-order valence-electron chi connectivity index (χ3n) is 2.32. The summed E-state index contributed by atoms with van der Waals surface area (Å²) < 4.78 is 10.1. The van der Waals surface area contributed by atoms with Crippen LogP contribution in [0.25, 0.3) is 0 Å². The number of ether oxygens (including phenoxy) is 2. The fourth-order valence-electron chi connectivity index (χ4n) is 1.37. The van der Waals surface area contributed by atoms with Gasteiger partial charge in [0.05, 0.1) is 6.61 Å². The van der Waals surface area contributed by atoms with Crippen molar-refractivity contribution in [3.63, 3.8) is 0 Å². The molecule has 1 amide bonds. The molecule has 7 nitrogen and oxygen atoms in total. The summed E-state index contributed by atoms with van der Waals surface area (Å²) in [7, 11) is 1.60. The topological polar surface area (TPSA) is 84.0 Å². The summed E-state index contributed by atoms with van der Waals surface area (Å²) in [6.45, 7) is 8.03. The highest BCUT2D eigenvalue weighted by Crippen LogP contribution is 1.81. The van der Waals surface area contributed by atoms with E-state index in [9.17, 15) is 4.79 Å². The van der Waals surface area contributed by atoms with E-state index >= 15 is 0 Å².